The van der Waals surface area contributed by atoms with Crippen LogP contribution in [0.4, 0.5) is 4.79 Å². The number of aromatic nitrogens is 1. The van der Waals surface area contributed by atoms with Crippen LogP contribution >= 0.6 is 0 Å². The fourth-order valence-electron chi connectivity index (χ4n) is 7.65. The van der Waals surface area contributed by atoms with Crippen LogP contribution in [0.1, 0.15) is 62.1 Å². The predicted molar refractivity (Wildman–Crippen MR) is 160 cm³/mol. The van der Waals surface area contributed by atoms with Crippen LogP contribution < -0.4 is 11.3 Å². The summed E-state index contributed by atoms with van der Waals surface area (Å²) in [7, 11) is 0. The van der Waals surface area contributed by atoms with Gasteiger partial charge in [-0.2, -0.15) is 0 Å². The molecule has 3 atom stereocenters. The molecule has 3 fully saturated rings. The van der Waals surface area contributed by atoms with E-state index >= 15 is 0 Å². The molecule has 1 aromatic heterocycles. The minimum atomic E-state index is 0.0278. The summed E-state index contributed by atoms with van der Waals surface area (Å²) in [6.07, 6.45) is 9.22. The van der Waals surface area contributed by atoms with Crippen molar-refractivity contribution in [2.75, 3.05) is 19.6 Å². The van der Waals surface area contributed by atoms with Gasteiger partial charge < -0.3 is 20.1 Å². The van der Waals surface area contributed by atoms with Gasteiger partial charge in [-0.05, 0) is 78.7 Å². The van der Waals surface area contributed by atoms with E-state index in [2.05, 4.69) is 47.1 Å². The molecule has 2 saturated heterocycles. The molecular formula is C34H42N4O2. The van der Waals surface area contributed by atoms with Crippen molar-refractivity contribution in [2.24, 2.45) is 17.1 Å². The Morgan fingerprint density at radius 2 is 1.73 bits per heavy atom. The van der Waals surface area contributed by atoms with Gasteiger partial charge in [-0.25, -0.2) is 4.79 Å². The Hall–Kier alpha value is -3.38. The number of nitrogens with zero attached hydrogens (tertiary/aromatic N) is 3. The van der Waals surface area contributed by atoms with Gasteiger partial charge in [-0.3, -0.25) is 4.79 Å². The van der Waals surface area contributed by atoms with Gasteiger partial charge in [0.2, 0.25) is 0 Å². The van der Waals surface area contributed by atoms with E-state index in [9.17, 15) is 9.59 Å². The Labute approximate surface area is 237 Å². The summed E-state index contributed by atoms with van der Waals surface area (Å²) < 4.78 is 1.90. The summed E-state index contributed by atoms with van der Waals surface area (Å²) in [6, 6.07) is 22.7. The molecule has 1 saturated carbocycles. The molecule has 6 heteroatoms. The van der Waals surface area contributed by atoms with E-state index in [4.69, 9.17) is 5.73 Å². The smallest absolute Gasteiger partial charge is 0.320 e. The normalized spacial score (nSPS) is 24.4. The van der Waals surface area contributed by atoms with Crippen molar-refractivity contribution in [3.05, 3.63) is 94.4 Å². The molecule has 40 heavy (non-hydrogen) atoms. The summed E-state index contributed by atoms with van der Waals surface area (Å²) in [6.45, 7) is 5.04. The first kappa shape index (κ1) is 26.8. The largest absolute Gasteiger partial charge is 0.328 e. The van der Waals surface area contributed by atoms with Gasteiger partial charge in [0.15, 0.2) is 0 Å². The maximum absolute atomic E-state index is 14.1. The van der Waals surface area contributed by atoms with Crippen molar-refractivity contribution >= 4 is 6.03 Å². The molecule has 3 aliphatic rings. The highest BCUT2D eigenvalue weighted by Crippen LogP contribution is 2.49. The highest BCUT2D eigenvalue weighted by molar-refractivity contribution is 5.75. The van der Waals surface area contributed by atoms with E-state index < -0.39 is 0 Å². The number of pyridine rings is 1. The number of benzene rings is 2. The Morgan fingerprint density at radius 3 is 2.48 bits per heavy atom. The third-order valence-electron chi connectivity index (χ3n) is 9.93. The number of hydrogen-bond acceptors (Lipinski definition) is 3. The fourth-order valence-corrected chi connectivity index (χ4v) is 7.65. The number of carbonyl (C=O) groups excluding carboxylic acids is 1. The number of carbonyl (C=O) groups is 1. The van der Waals surface area contributed by atoms with Crippen LogP contribution in [-0.2, 0) is 6.54 Å². The molecule has 2 amide bonds. The molecule has 1 aliphatic carbocycles. The van der Waals surface area contributed by atoms with Crippen LogP contribution in [0.5, 0.6) is 0 Å². The number of piperidine rings is 2. The van der Waals surface area contributed by atoms with Crippen LogP contribution in [0, 0.1) is 18.3 Å². The lowest BCUT2D eigenvalue weighted by atomic mass is 9.69. The van der Waals surface area contributed by atoms with E-state index in [-0.39, 0.29) is 29.1 Å². The van der Waals surface area contributed by atoms with E-state index in [1.54, 1.807) is 6.07 Å². The van der Waals surface area contributed by atoms with Crippen molar-refractivity contribution in [3.8, 4) is 11.1 Å². The molecule has 0 bridgehead atoms. The van der Waals surface area contributed by atoms with Crippen LogP contribution in [0.3, 0.4) is 0 Å². The lowest BCUT2D eigenvalue weighted by Crippen LogP contribution is -2.56. The topological polar surface area (TPSA) is 71.6 Å². The number of nitrogens with two attached hydrogens (primary N) is 1. The number of aryl methyl sites for hydroxylation is 1. The molecule has 1 spiro atoms. The van der Waals surface area contributed by atoms with Crippen molar-refractivity contribution in [2.45, 2.75) is 70.5 Å². The number of amides is 2. The van der Waals surface area contributed by atoms with Crippen LogP contribution in [0.2, 0.25) is 0 Å². The Balaban J connectivity index is 1.20. The Morgan fingerprint density at radius 1 is 0.975 bits per heavy atom. The molecule has 2 aliphatic heterocycles. The van der Waals surface area contributed by atoms with Crippen LogP contribution in [0.25, 0.3) is 11.1 Å². The first-order valence-corrected chi connectivity index (χ1v) is 15.1. The minimum Gasteiger partial charge on any atom is -0.328 e. The molecule has 0 unspecified atom stereocenters. The van der Waals surface area contributed by atoms with Gasteiger partial charge in [0.25, 0.3) is 5.56 Å². The van der Waals surface area contributed by atoms with Gasteiger partial charge in [0.1, 0.15) is 0 Å². The molecule has 0 radical (unpaired) electrons. The van der Waals surface area contributed by atoms with Gasteiger partial charge in [-0.15, -0.1) is 0 Å². The van der Waals surface area contributed by atoms with E-state index in [0.29, 0.717) is 12.5 Å². The lowest BCUT2D eigenvalue weighted by Gasteiger charge is -2.49. The standard InChI is InChI=1S/C34H42N4O2/c1-25-9-5-6-12-30(25)27-13-18-36(32(39)21-27)23-28-14-19-37(24-34(28)16-7-8-17-34)33(40)38-20-15-29(35)22-31(38)26-10-3-2-4-11-26/h2-6,9-13,18,21,28-29,31H,7-8,14-17,19-20,22-24,35H2,1H3/t28-,29+,31-/m0/s1. The van der Waals surface area contributed by atoms with E-state index in [1.165, 1.54) is 24.0 Å². The maximum Gasteiger partial charge on any atom is 0.320 e. The number of urea groups is 1. The number of rotatable bonds is 4. The predicted octanol–water partition coefficient (Wildman–Crippen LogP) is 5.99. The summed E-state index contributed by atoms with van der Waals surface area (Å²) in [5, 5.41) is 0. The van der Waals surface area contributed by atoms with Crippen LogP contribution in [0.15, 0.2) is 77.7 Å². The van der Waals surface area contributed by atoms with E-state index in [1.807, 2.05) is 41.1 Å². The summed E-state index contributed by atoms with van der Waals surface area (Å²) in [5.74, 6) is 0.390. The second-order valence-corrected chi connectivity index (χ2v) is 12.4. The molecule has 2 aromatic carbocycles. The van der Waals surface area contributed by atoms with Gasteiger partial charge in [0.05, 0.1) is 6.04 Å². The van der Waals surface area contributed by atoms with E-state index in [0.717, 1.165) is 62.9 Å². The van der Waals surface area contributed by atoms with Gasteiger partial charge in [0, 0.05) is 44.5 Å². The zero-order valence-electron chi connectivity index (χ0n) is 23.7. The second kappa shape index (κ2) is 11.2. The van der Waals surface area contributed by atoms with Gasteiger partial charge in [-0.1, -0.05) is 67.4 Å². The average Bonchev–Trinajstić information content (AvgIpc) is 3.44. The van der Waals surface area contributed by atoms with Gasteiger partial charge >= 0.3 is 6.03 Å². The minimum absolute atomic E-state index is 0.0278. The van der Waals surface area contributed by atoms with Crippen molar-refractivity contribution in [3.63, 3.8) is 0 Å². The second-order valence-electron chi connectivity index (χ2n) is 12.4. The van der Waals surface area contributed by atoms with Crippen LogP contribution in [-0.4, -0.2) is 46.1 Å². The average molecular weight is 539 g/mol. The highest BCUT2D eigenvalue weighted by Gasteiger charge is 2.47. The Bertz CT molecular complexity index is 1390. The first-order valence-electron chi connectivity index (χ1n) is 15.1. The highest BCUT2D eigenvalue weighted by atomic mass is 16.2. The molecule has 6 rings (SSSR count). The zero-order chi connectivity index (χ0) is 27.7. The molecule has 2 N–H and O–H groups in total. The monoisotopic (exact) mass is 538 g/mol. The quantitative estimate of drug-likeness (QED) is 0.444. The third kappa shape index (κ3) is 5.22. The maximum atomic E-state index is 14.1. The molecule has 6 nitrogen and oxygen atoms in total. The third-order valence-corrected chi connectivity index (χ3v) is 9.93. The summed E-state index contributed by atoms with van der Waals surface area (Å²) in [5.41, 5.74) is 10.9. The molecular weight excluding hydrogens is 496 g/mol. The number of hydrogen-bond donors (Lipinski definition) is 1. The Kier molecular flexibility index (Phi) is 7.54. The fraction of sp³-hybridized carbons (Fsp3) is 0.471. The van der Waals surface area contributed by atoms with Crippen molar-refractivity contribution < 1.29 is 4.79 Å². The van der Waals surface area contributed by atoms with Crippen molar-refractivity contribution in [1.82, 2.24) is 14.4 Å². The molecule has 3 aromatic rings. The summed E-state index contributed by atoms with van der Waals surface area (Å²) >= 11 is 0. The SMILES string of the molecule is Cc1ccccc1-c1ccn(C[C@@H]2CCN(C(=O)N3CC[C@@H](N)C[C@H]3c3ccccc3)CC23CCCC3)c(=O)c1. The summed E-state index contributed by atoms with van der Waals surface area (Å²) in [4.78, 5) is 31.5. The molecule has 210 valence electrons. The zero-order valence-corrected chi connectivity index (χ0v) is 23.7. The lowest BCUT2D eigenvalue weighted by molar-refractivity contribution is 0.0215. The first-order chi connectivity index (χ1) is 19.4. The number of likely N-dealkylation sites (tertiary alicyclic amines) is 2. The van der Waals surface area contributed by atoms with Crippen molar-refractivity contribution in [1.29, 1.82) is 0 Å². The molecule has 3 heterocycles.